The van der Waals surface area contributed by atoms with E-state index in [0.717, 1.165) is 77.0 Å². The summed E-state index contributed by atoms with van der Waals surface area (Å²) in [5.41, 5.74) is 0. The molecule has 0 aliphatic heterocycles. The summed E-state index contributed by atoms with van der Waals surface area (Å²) in [6, 6.07) is 0. The minimum absolute atomic E-state index is 0.0731. The average molecular weight is 845 g/mol. The Morgan fingerprint density at radius 3 is 0.933 bits per heavy atom. The number of hydrogen-bond acceptors (Lipinski definition) is 6. The van der Waals surface area contributed by atoms with Gasteiger partial charge in [0, 0.05) is 19.3 Å². The molecule has 0 fully saturated rings. The standard InChI is InChI=1S/C54H100O6/c1-4-7-10-13-16-18-20-22-24-26-27-28-29-31-32-34-36-38-41-44-47-53(56)59-50-51(49-58-52(55)46-43-40-15-12-9-6-3)60-54(57)48-45-42-39-37-35-33-30-25-23-21-19-17-14-11-8-5-2/h19,21,25,30,51H,4-18,20,22-24,26-29,31-50H2,1-3H3/b21-19-,30-25-. The molecular formula is C54H100O6. The Morgan fingerprint density at radius 1 is 0.333 bits per heavy atom. The smallest absolute Gasteiger partial charge is 0.306 e. The van der Waals surface area contributed by atoms with E-state index in [4.69, 9.17) is 14.2 Å². The van der Waals surface area contributed by atoms with Crippen molar-refractivity contribution in [1.82, 2.24) is 0 Å². The van der Waals surface area contributed by atoms with E-state index in [0.29, 0.717) is 19.3 Å². The van der Waals surface area contributed by atoms with Crippen molar-refractivity contribution >= 4 is 17.9 Å². The second kappa shape index (κ2) is 49.5. The first kappa shape index (κ1) is 57.9. The van der Waals surface area contributed by atoms with Gasteiger partial charge >= 0.3 is 17.9 Å². The normalized spacial score (nSPS) is 12.1. The van der Waals surface area contributed by atoms with Crippen molar-refractivity contribution in [2.24, 2.45) is 0 Å². The van der Waals surface area contributed by atoms with Crippen LogP contribution in [-0.2, 0) is 28.6 Å². The van der Waals surface area contributed by atoms with Crippen molar-refractivity contribution in [3.63, 3.8) is 0 Å². The number of carbonyl (C=O) groups excluding carboxylic acids is 3. The number of carbonyl (C=O) groups is 3. The summed E-state index contributed by atoms with van der Waals surface area (Å²) in [6.07, 6.45) is 56.2. The van der Waals surface area contributed by atoms with Crippen molar-refractivity contribution < 1.29 is 28.6 Å². The van der Waals surface area contributed by atoms with Crippen LogP contribution in [0.15, 0.2) is 24.3 Å². The monoisotopic (exact) mass is 845 g/mol. The van der Waals surface area contributed by atoms with Crippen LogP contribution in [0.2, 0.25) is 0 Å². The predicted octanol–water partition coefficient (Wildman–Crippen LogP) is 17.2. The number of rotatable bonds is 48. The predicted molar refractivity (Wildman–Crippen MR) is 256 cm³/mol. The molecule has 0 heterocycles. The highest BCUT2D eigenvalue weighted by atomic mass is 16.6. The van der Waals surface area contributed by atoms with Gasteiger partial charge in [0.2, 0.25) is 0 Å². The Morgan fingerprint density at radius 2 is 0.600 bits per heavy atom. The second-order valence-electron chi connectivity index (χ2n) is 17.8. The van der Waals surface area contributed by atoms with E-state index < -0.39 is 6.10 Å². The zero-order chi connectivity index (χ0) is 43.7. The van der Waals surface area contributed by atoms with Crippen molar-refractivity contribution in [2.45, 2.75) is 290 Å². The van der Waals surface area contributed by atoms with Gasteiger partial charge < -0.3 is 14.2 Å². The molecule has 1 unspecified atom stereocenters. The number of unbranched alkanes of at least 4 members (excludes halogenated alkanes) is 33. The van der Waals surface area contributed by atoms with Gasteiger partial charge in [-0.1, -0.05) is 238 Å². The zero-order valence-corrected chi connectivity index (χ0v) is 40.2. The molecule has 6 nitrogen and oxygen atoms in total. The number of allylic oxidation sites excluding steroid dienone is 4. The molecule has 0 saturated heterocycles. The number of ether oxygens (including phenoxy) is 3. The SMILES string of the molecule is CCCCCC/C=C\C/C=C\CCCCCCCC(=O)OC(COC(=O)CCCCCCCC)COC(=O)CCCCCCCCCCCCCCCCCCCCCC. The number of esters is 3. The third-order valence-corrected chi connectivity index (χ3v) is 11.7. The van der Waals surface area contributed by atoms with E-state index in [9.17, 15) is 14.4 Å². The lowest BCUT2D eigenvalue weighted by Crippen LogP contribution is -2.30. The highest BCUT2D eigenvalue weighted by molar-refractivity contribution is 5.71. The molecule has 0 aromatic rings. The summed E-state index contributed by atoms with van der Waals surface area (Å²) >= 11 is 0. The van der Waals surface area contributed by atoms with E-state index in [1.54, 1.807) is 0 Å². The maximum absolute atomic E-state index is 12.7. The molecule has 0 aliphatic carbocycles. The zero-order valence-electron chi connectivity index (χ0n) is 40.2. The lowest BCUT2D eigenvalue weighted by Gasteiger charge is -2.18. The first-order valence-electron chi connectivity index (χ1n) is 26.3. The largest absolute Gasteiger partial charge is 0.462 e. The van der Waals surface area contributed by atoms with Crippen LogP contribution in [0.25, 0.3) is 0 Å². The third kappa shape index (κ3) is 46.9. The Balaban J connectivity index is 4.16. The van der Waals surface area contributed by atoms with Gasteiger partial charge in [0.25, 0.3) is 0 Å². The van der Waals surface area contributed by atoms with E-state index >= 15 is 0 Å². The molecule has 0 radical (unpaired) electrons. The van der Waals surface area contributed by atoms with Gasteiger partial charge in [0.05, 0.1) is 0 Å². The fraction of sp³-hybridized carbons (Fsp3) is 0.870. The Labute approximate surface area is 373 Å². The van der Waals surface area contributed by atoms with Crippen LogP contribution in [0.4, 0.5) is 0 Å². The van der Waals surface area contributed by atoms with Gasteiger partial charge in [-0.2, -0.15) is 0 Å². The molecule has 1 atom stereocenters. The Bertz CT molecular complexity index is 973. The van der Waals surface area contributed by atoms with Gasteiger partial charge in [-0.25, -0.2) is 0 Å². The van der Waals surface area contributed by atoms with Crippen LogP contribution in [-0.4, -0.2) is 37.2 Å². The van der Waals surface area contributed by atoms with Crippen molar-refractivity contribution in [2.75, 3.05) is 13.2 Å². The summed E-state index contributed by atoms with van der Waals surface area (Å²) in [5, 5.41) is 0. The molecule has 6 heteroatoms. The molecule has 0 rings (SSSR count). The molecule has 0 bridgehead atoms. The number of hydrogen-bond donors (Lipinski definition) is 0. The van der Waals surface area contributed by atoms with E-state index in [1.165, 1.54) is 167 Å². The second-order valence-corrected chi connectivity index (χ2v) is 17.8. The van der Waals surface area contributed by atoms with Crippen molar-refractivity contribution in [3.05, 3.63) is 24.3 Å². The van der Waals surface area contributed by atoms with Crippen molar-refractivity contribution in [3.8, 4) is 0 Å². The van der Waals surface area contributed by atoms with Crippen LogP contribution in [0.5, 0.6) is 0 Å². The van der Waals surface area contributed by atoms with Gasteiger partial charge in [-0.05, 0) is 51.4 Å². The topological polar surface area (TPSA) is 78.9 Å². The van der Waals surface area contributed by atoms with Gasteiger partial charge in [0.15, 0.2) is 6.10 Å². The maximum Gasteiger partial charge on any atom is 0.306 e. The lowest BCUT2D eigenvalue weighted by molar-refractivity contribution is -0.167. The summed E-state index contributed by atoms with van der Waals surface area (Å²) in [4.78, 5) is 37.7. The molecular weight excluding hydrogens is 745 g/mol. The maximum atomic E-state index is 12.7. The first-order valence-corrected chi connectivity index (χ1v) is 26.3. The highest BCUT2D eigenvalue weighted by Gasteiger charge is 2.19. The molecule has 0 aromatic heterocycles. The van der Waals surface area contributed by atoms with Crippen LogP contribution in [0, 0.1) is 0 Å². The highest BCUT2D eigenvalue weighted by Crippen LogP contribution is 2.16. The minimum Gasteiger partial charge on any atom is -0.462 e. The van der Waals surface area contributed by atoms with E-state index in [-0.39, 0.29) is 31.1 Å². The molecule has 352 valence electrons. The molecule has 0 aliphatic rings. The summed E-state index contributed by atoms with van der Waals surface area (Å²) in [5.74, 6) is -0.884. The summed E-state index contributed by atoms with van der Waals surface area (Å²) in [7, 11) is 0. The summed E-state index contributed by atoms with van der Waals surface area (Å²) in [6.45, 7) is 6.58. The quantitative estimate of drug-likeness (QED) is 0.0263. The van der Waals surface area contributed by atoms with Gasteiger partial charge in [-0.3, -0.25) is 14.4 Å². The minimum atomic E-state index is -0.771. The lowest BCUT2D eigenvalue weighted by atomic mass is 10.0. The molecule has 0 amide bonds. The van der Waals surface area contributed by atoms with E-state index in [1.807, 2.05) is 0 Å². The molecule has 0 N–H and O–H groups in total. The van der Waals surface area contributed by atoms with Crippen LogP contribution < -0.4 is 0 Å². The third-order valence-electron chi connectivity index (χ3n) is 11.7. The first-order chi connectivity index (χ1) is 29.5. The molecule has 60 heavy (non-hydrogen) atoms. The van der Waals surface area contributed by atoms with E-state index in [2.05, 4.69) is 45.1 Å². The Hall–Kier alpha value is -2.11. The molecule has 0 aromatic carbocycles. The van der Waals surface area contributed by atoms with Crippen molar-refractivity contribution in [1.29, 1.82) is 0 Å². The van der Waals surface area contributed by atoms with Crippen LogP contribution in [0.3, 0.4) is 0 Å². The van der Waals surface area contributed by atoms with Crippen LogP contribution in [0.1, 0.15) is 284 Å². The Kier molecular flexibility index (Phi) is 47.8. The molecule has 0 spiro atoms. The van der Waals surface area contributed by atoms with Crippen LogP contribution >= 0.6 is 0 Å². The summed E-state index contributed by atoms with van der Waals surface area (Å²) < 4.78 is 16.7. The molecule has 0 saturated carbocycles. The van der Waals surface area contributed by atoms with Gasteiger partial charge in [0.1, 0.15) is 13.2 Å². The average Bonchev–Trinajstić information content (AvgIpc) is 3.24. The van der Waals surface area contributed by atoms with Gasteiger partial charge in [-0.15, -0.1) is 0 Å². The fourth-order valence-corrected chi connectivity index (χ4v) is 7.71. The fourth-order valence-electron chi connectivity index (χ4n) is 7.71.